The van der Waals surface area contributed by atoms with Gasteiger partial charge in [0.25, 0.3) is 0 Å². The van der Waals surface area contributed by atoms with Crippen LogP contribution in [0.25, 0.3) is 0 Å². The van der Waals surface area contributed by atoms with Crippen LogP contribution in [0.5, 0.6) is 0 Å². The Kier molecular flexibility index (Phi) is 9.49. The Balaban J connectivity index is 5.28. The molecule has 26 heavy (non-hydrogen) atoms. The lowest BCUT2D eigenvalue weighted by Crippen LogP contribution is -2.57. The van der Waals surface area contributed by atoms with Gasteiger partial charge >= 0.3 is 11.9 Å². The summed E-state index contributed by atoms with van der Waals surface area (Å²) in [5.74, 6) is -5.99. The van der Waals surface area contributed by atoms with Gasteiger partial charge in [0, 0.05) is 5.92 Å². The van der Waals surface area contributed by atoms with Gasteiger partial charge in [-0.1, -0.05) is 27.7 Å². The van der Waals surface area contributed by atoms with Crippen molar-refractivity contribution in [2.24, 2.45) is 23.5 Å². The summed E-state index contributed by atoms with van der Waals surface area (Å²) < 4.78 is 0. The van der Waals surface area contributed by atoms with Gasteiger partial charge in [-0.05, 0) is 11.8 Å². The Morgan fingerprint density at radius 1 is 0.962 bits per heavy atom. The van der Waals surface area contributed by atoms with Crippen molar-refractivity contribution in [1.29, 1.82) is 0 Å². The topological polar surface area (TPSA) is 176 Å². The summed E-state index contributed by atoms with van der Waals surface area (Å²) in [5.41, 5.74) is 5.73. The Bertz CT molecular complexity index is 548. The highest BCUT2D eigenvalue weighted by Crippen LogP contribution is 2.12. The molecule has 0 fully saturated rings. The largest absolute Gasteiger partial charge is 0.481 e. The van der Waals surface area contributed by atoms with Gasteiger partial charge < -0.3 is 31.4 Å². The van der Waals surface area contributed by atoms with Crippen LogP contribution in [-0.4, -0.2) is 58.4 Å². The number of carboxylic acid groups (broad SMARTS) is 2. The van der Waals surface area contributed by atoms with Crippen LogP contribution in [0.2, 0.25) is 0 Å². The first-order chi connectivity index (χ1) is 11.9. The average Bonchev–Trinajstić information content (AvgIpc) is 2.50. The van der Waals surface area contributed by atoms with E-state index in [0.29, 0.717) is 6.29 Å². The van der Waals surface area contributed by atoms with E-state index in [1.165, 1.54) is 0 Å². The number of hydrogen-bond acceptors (Lipinski definition) is 6. The average molecular weight is 373 g/mol. The zero-order chi connectivity index (χ0) is 20.6. The maximum atomic E-state index is 12.3. The molecule has 10 nitrogen and oxygen atoms in total. The van der Waals surface area contributed by atoms with E-state index in [1.807, 2.05) is 0 Å². The molecule has 2 amide bonds. The van der Waals surface area contributed by atoms with E-state index in [9.17, 15) is 24.0 Å². The standard InChI is InChI=1S/C16H27N3O7/c1-7(2)9(6-20)12(17)15(24)18-10(5-11(21)22)14(23)19-13(8(3)4)16(25)26/h6-10,12-13H,5,17H2,1-4H3,(H,18,24)(H,19,23)(H,21,22)(H,25,26)/t9?,10-,12-,13-/m0/s1. The summed E-state index contributed by atoms with van der Waals surface area (Å²) in [7, 11) is 0. The number of aldehydes is 1. The molecular formula is C16H27N3O7. The zero-order valence-corrected chi connectivity index (χ0v) is 15.3. The summed E-state index contributed by atoms with van der Waals surface area (Å²) in [6.07, 6.45) is -0.234. The van der Waals surface area contributed by atoms with Crippen LogP contribution in [0.3, 0.4) is 0 Å². The van der Waals surface area contributed by atoms with Crippen LogP contribution in [0.15, 0.2) is 0 Å². The number of nitrogens with one attached hydrogen (secondary N) is 2. The zero-order valence-electron chi connectivity index (χ0n) is 15.3. The minimum absolute atomic E-state index is 0.239. The summed E-state index contributed by atoms with van der Waals surface area (Å²) >= 11 is 0. The van der Waals surface area contributed by atoms with E-state index in [2.05, 4.69) is 10.6 Å². The molecule has 0 aliphatic heterocycles. The van der Waals surface area contributed by atoms with E-state index in [-0.39, 0.29) is 5.92 Å². The maximum Gasteiger partial charge on any atom is 0.326 e. The van der Waals surface area contributed by atoms with Gasteiger partial charge in [0.05, 0.1) is 12.5 Å². The van der Waals surface area contributed by atoms with E-state index in [1.54, 1.807) is 27.7 Å². The number of amides is 2. The number of nitrogens with two attached hydrogens (primary N) is 1. The van der Waals surface area contributed by atoms with Crippen molar-refractivity contribution in [2.45, 2.75) is 52.2 Å². The lowest BCUT2D eigenvalue weighted by atomic mass is 9.89. The summed E-state index contributed by atoms with van der Waals surface area (Å²) in [6.45, 7) is 6.51. The molecule has 0 aliphatic rings. The van der Waals surface area contributed by atoms with Crippen LogP contribution < -0.4 is 16.4 Å². The Labute approximate surface area is 151 Å². The highest BCUT2D eigenvalue weighted by Gasteiger charge is 2.33. The molecule has 1 unspecified atom stereocenters. The maximum absolute atomic E-state index is 12.3. The Morgan fingerprint density at radius 3 is 1.85 bits per heavy atom. The molecular weight excluding hydrogens is 346 g/mol. The lowest BCUT2D eigenvalue weighted by molar-refractivity contribution is -0.144. The van der Waals surface area contributed by atoms with Gasteiger partial charge in [0.15, 0.2) is 0 Å². The first-order valence-electron chi connectivity index (χ1n) is 8.18. The van der Waals surface area contributed by atoms with Crippen molar-refractivity contribution in [3.05, 3.63) is 0 Å². The number of carbonyl (C=O) groups excluding carboxylic acids is 3. The first kappa shape index (κ1) is 23.5. The molecule has 10 heteroatoms. The molecule has 0 aromatic carbocycles. The predicted octanol–water partition coefficient (Wildman–Crippen LogP) is -1.03. The SMILES string of the molecule is CC(C)C(C=O)[C@H](N)C(=O)N[C@@H](CC(=O)O)C(=O)N[C@H](C(=O)O)C(C)C. The van der Waals surface area contributed by atoms with Gasteiger partial charge in [-0.15, -0.1) is 0 Å². The fourth-order valence-corrected chi connectivity index (χ4v) is 2.25. The number of carbonyl (C=O) groups is 5. The molecule has 0 aromatic rings. The fraction of sp³-hybridized carbons (Fsp3) is 0.688. The van der Waals surface area contributed by atoms with Gasteiger partial charge in [-0.2, -0.15) is 0 Å². The summed E-state index contributed by atoms with van der Waals surface area (Å²) in [6, 6.07) is -4.04. The quantitative estimate of drug-likeness (QED) is 0.285. The first-order valence-corrected chi connectivity index (χ1v) is 8.18. The number of hydrogen-bond donors (Lipinski definition) is 5. The second-order valence-electron chi connectivity index (χ2n) is 6.71. The van der Waals surface area contributed by atoms with Crippen molar-refractivity contribution in [3.63, 3.8) is 0 Å². The van der Waals surface area contributed by atoms with E-state index in [4.69, 9.17) is 15.9 Å². The van der Waals surface area contributed by atoms with Crippen LogP contribution in [-0.2, 0) is 24.0 Å². The molecule has 4 atom stereocenters. The van der Waals surface area contributed by atoms with Crippen LogP contribution in [0.1, 0.15) is 34.1 Å². The lowest BCUT2D eigenvalue weighted by Gasteiger charge is -2.25. The fourth-order valence-electron chi connectivity index (χ4n) is 2.25. The van der Waals surface area contributed by atoms with Crippen molar-refractivity contribution in [3.8, 4) is 0 Å². The van der Waals surface area contributed by atoms with Crippen LogP contribution in [0, 0.1) is 17.8 Å². The van der Waals surface area contributed by atoms with Gasteiger partial charge in [0.2, 0.25) is 11.8 Å². The minimum atomic E-state index is -1.52. The second kappa shape index (κ2) is 10.5. The Hall–Kier alpha value is -2.49. The molecule has 0 aliphatic carbocycles. The van der Waals surface area contributed by atoms with Crippen molar-refractivity contribution < 1.29 is 34.2 Å². The number of rotatable bonds is 11. The van der Waals surface area contributed by atoms with Gasteiger partial charge in [0.1, 0.15) is 18.4 Å². The smallest absolute Gasteiger partial charge is 0.326 e. The van der Waals surface area contributed by atoms with Crippen molar-refractivity contribution >= 4 is 30.0 Å². The molecule has 6 N–H and O–H groups in total. The highest BCUT2D eigenvalue weighted by molar-refractivity contribution is 5.94. The number of carboxylic acids is 2. The molecule has 0 saturated heterocycles. The Morgan fingerprint density at radius 2 is 1.50 bits per heavy atom. The van der Waals surface area contributed by atoms with Gasteiger partial charge in [-0.3, -0.25) is 14.4 Å². The number of aliphatic carboxylic acids is 2. The van der Waals surface area contributed by atoms with Crippen LogP contribution in [0.4, 0.5) is 0 Å². The van der Waals surface area contributed by atoms with E-state index < -0.39 is 60.1 Å². The van der Waals surface area contributed by atoms with Crippen molar-refractivity contribution in [1.82, 2.24) is 10.6 Å². The highest BCUT2D eigenvalue weighted by atomic mass is 16.4. The molecule has 0 rings (SSSR count). The summed E-state index contributed by atoms with van der Waals surface area (Å²) in [5, 5.41) is 22.5. The molecule has 0 radical (unpaired) electrons. The molecule has 148 valence electrons. The third-order valence-corrected chi connectivity index (χ3v) is 3.89. The third-order valence-electron chi connectivity index (χ3n) is 3.89. The molecule has 0 heterocycles. The van der Waals surface area contributed by atoms with Crippen LogP contribution >= 0.6 is 0 Å². The second-order valence-corrected chi connectivity index (χ2v) is 6.71. The van der Waals surface area contributed by atoms with E-state index in [0.717, 1.165) is 0 Å². The molecule has 0 bridgehead atoms. The monoisotopic (exact) mass is 373 g/mol. The third kappa shape index (κ3) is 7.18. The van der Waals surface area contributed by atoms with Crippen molar-refractivity contribution in [2.75, 3.05) is 0 Å². The van der Waals surface area contributed by atoms with Gasteiger partial charge in [-0.25, -0.2) is 4.79 Å². The predicted molar refractivity (Wildman–Crippen MR) is 91.0 cm³/mol. The molecule has 0 spiro atoms. The minimum Gasteiger partial charge on any atom is -0.481 e. The summed E-state index contributed by atoms with van der Waals surface area (Å²) in [4.78, 5) is 57.7. The normalized spacial score (nSPS) is 15.7. The molecule has 0 aromatic heterocycles. The molecule has 0 saturated carbocycles. The van der Waals surface area contributed by atoms with E-state index >= 15 is 0 Å².